The van der Waals surface area contributed by atoms with Crippen LogP contribution in [0.4, 0.5) is 26.4 Å². The molecule has 2 heterocycles. The number of aromatic nitrogens is 3. The van der Waals surface area contributed by atoms with E-state index in [9.17, 15) is 4.79 Å². The van der Waals surface area contributed by atoms with Crippen LogP contribution in [0.15, 0.2) is 55.0 Å². The van der Waals surface area contributed by atoms with Crippen molar-refractivity contribution >= 4 is 34.2 Å². The second-order valence-corrected chi connectivity index (χ2v) is 9.01. The molecule has 2 aromatic heterocycles. The van der Waals surface area contributed by atoms with Gasteiger partial charge in [0.2, 0.25) is 0 Å². The molecule has 2 N–H and O–H groups in total. The van der Waals surface area contributed by atoms with Gasteiger partial charge in [-0.05, 0) is 82.6 Å². The molecule has 4 rings (SSSR count). The standard InChI is InChI=1S/C26H26FN5O3/c1-15-12-17(7-11-21(15)34-18-8-6-16(2)28-13-18)31-24-22-19(29-14-30-24)9-10-20(23(22)27)32-25(33)35-26(3,4)5/h6-14H,1-5H3,(H,32,33)(H,29,30,31). The first-order valence-corrected chi connectivity index (χ1v) is 11.0. The number of anilines is 3. The molecule has 0 unspecified atom stereocenters. The summed E-state index contributed by atoms with van der Waals surface area (Å²) in [4.78, 5) is 24.8. The summed E-state index contributed by atoms with van der Waals surface area (Å²) >= 11 is 0. The summed E-state index contributed by atoms with van der Waals surface area (Å²) in [6.45, 7) is 9.01. The number of fused-ring (bicyclic) bond motifs is 1. The Bertz CT molecular complexity index is 1380. The predicted molar refractivity (Wildman–Crippen MR) is 133 cm³/mol. The summed E-state index contributed by atoms with van der Waals surface area (Å²) in [7, 11) is 0. The van der Waals surface area contributed by atoms with Crippen LogP contribution in [0, 0.1) is 19.7 Å². The van der Waals surface area contributed by atoms with Gasteiger partial charge >= 0.3 is 6.09 Å². The summed E-state index contributed by atoms with van der Waals surface area (Å²) in [5.41, 5.74) is 2.09. The number of carbonyl (C=O) groups excluding carboxylic acids is 1. The first kappa shape index (κ1) is 23.9. The second-order valence-electron chi connectivity index (χ2n) is 9.01. The summed E-state index contributed by atoms with van der Waals surface area (Å²) in [5.74, 6) is 0.896. The van der Waals surface area contributed by atoms with Gasteiger partial charge in [0.25, 0.3) is 0 Å². The summed E-state index contributed by atoms with van der Waals surface area (Å²) in [6.07, 6.45) is 2.26. The van der Waals surface area contributed by atoms with Crippen LogP contribution in [-0.4, -0.2) is 26.6 Å². The average molecular weight is 476 g/mol. The minimum atomic E-state index is -0.753. The van der Waals surface area contributed by atoms with Crippen LogP contribution < -0.4 is 15.4 Å². The van der Waals surface area contributed by atoms with E-state index >= 15 is 4.39 Å². The molecular formula is C26H26FN5O3. The Labute approximate surface area is 202 Å². The zero-order valence-electron chi connectivity index (χ0n) is 20.1. The highest BCUT2D eigenvalue weighted by Gasteiger charge is 2.20. The number of nitrogens with one attached hydrogen (secondary N) is 2. The van der Waals surface area contributed by atoms with Crippen molar-refractivity contribution in [2.24, 2.45) is 0 Å². The fourth-order valence-corrected chi connectivity index (χ4v) is 3.34. The maximum Gasteiger partial charge on any atom is 0.412 e. The Morgan fingerprint density at radius 2 is 1.80 bits per heavy atom. The van der Waals surface area contributed by atoms with Gasteiger partial charge in [-0.3, -0.25) is 10.3 Å². The van der Waals surface area contributed by atoms with E-state index < -0.39 is 17.5 Å². The lowest BCUT2D eigenvalue weighted by molar-refractivity contribution is 0.0635. The van der Waals surface area contributed by atoms with E-state index in [0.29, 0.717) is 22.7 Å². The number of aryl methyl sites for hydroxylation is 2. The van der Waals surface area contributed by atoms with Gasteiger partial charge < -0.3 is 14.8 Å². The number of amides is 1. The van der Waals surface area contributed by atoms with E-state index in [1.54, 1.807) is 39.1 Å². The van der Waals surface area contributed by atoms with Gasteiger partial charge in [-0.1, -0.05) is 0 Å². The lowest BCUT2D eigenvalue weighted by atomic mass is 10.1. The van der Waals surface area contributed by atoms with Gasteiger partial charge in [-0.15, -0.1) is 0 Å². The van der Waals surface area contributed by atoms with Crippen molar-refractivity contribution in [1.29, 1.82) is 0 Å². The molecule has 0 saturated carbocycles. The van der Waals surface area contributed by atoms with Gasteiger partial charge in [-0.25, -0.2) is 19.2 Å². The van der Waals surface area contributed by atoms with Crippen LogP contribution in [0.5, 0.6) is 11.5 Å². The number of rotatable bonds is 5. The van der Waals surface area contributed by atoms with Crippen molar-refractivity contribution in [3.05, 3.63) is 72.1 Å². The minimum absolute atomic E-state index is 0.0313. The van der Waals surface area contributed by atoms with Gasteiger partial charge in [0, 0.05) is 11.4 Å². The third-order valence-corrected chi connectivity index (χ3v) is 4.93. The quantitative estimate of drug-likeness (QED) is 0.333. The smallest absolute Gasteiger partial charge is 0.412 e. The molecule has 0 fully saturated rings. The fourth-order valence-electron chi connectivity index (χ4n) is 3.34. The van der Waals surface area contributed by atoms with Gasteiger partial charge in [0.15, 0.2) is 5.82 Å². The largest absolute Gasteiger partial charge is 0.455 e. The fraction of sp³-hybridized carbons (Fsp3) is 0.231. The maximum atomic E-state index is 15.4. The van der Waals surface area contributed by atoms with Crippen molar-refractivity contribution in [1.82, 2.24) is 15.0 Å². The molecule has 0 atom stereocenters. The second kappa shape index (κ2) is 9.54. The molecule has 0 bridgehead atoms. The minimum Gasteiger partial charge on any atom is -0.455 e. The molecule has 0 aliphatic rings. The Hall–Kier alpha value is -4.27. The molecule has 2 aromatic carbocycles. The Morgan fingerprint density at radius 3 is 2.49 bits per heavy atom. The van der Waals surface area contributed by atoms with E-state index in [1.165, 1.54) is 12.4 Å². The normalized spacial score (nSPS) is 11.3. The molecule has 4 aromatic rings. The lowest BCUT2D eigenvalue weighted by Gasteiger charge is -2.20. The Balaban J connectivity index is 1.59. The van der Waals surface area contributed by atoms with Crippen molar-refractivity contribution in [3.63, 3.8) is 0 Å². The third kappa shape index (κ3) is 5.81. The maximum absolute atomic E-state index is 15.4. The molecule has 0 saturated heterocycles. The number of hydrogen-bond donors (Lipinski definition) is 2. The molecule has 1 amide bonds. The summed E-state index contributed by atoms with van der Waals surface area (Å²) in [6, 6.07) is 12.3. The molecule has 9 heteroatoms. The van der Waals surface area contributed by atoms with Crippen molar-refractivity contribution < 1.29 is 18.7 Å². The van der Waals surface area contributed by atoms with E-state index in [4.69, 9.17) is 9.47 Å². The van der Waals surface area contributed by atoms with Crippen LogP contribution in [-0.2, 0) is 4.74 Å². The van der Waals surface area contributed by atoms with E-state index in [1.807, 2.05) is 38.1 Å². The number of benzene rings is 2. The number of carbonyl (C=O) groups is 1. The summed E-state index contributed by atoms with van der Waals surface area (Å²) < 4.78 is 26.6. The molecule has 0 aliphatic carbocycles. The van der Waals surface area contributed by atoms with Crippen LogP contribution in [0.2, 0.25) is 0 Å². The van der Waals surface area contributed by atoms with E-state index in [0.717, 1.165) is 11.3 Å². The molecule has 0 radical (unpaired) electrons. The number of hydrogen-bond acceptors (Lipinski definition) is 7. The van der Waals surface area contributed by atoms with Crippen molar-refractivity contribution in [3.8, 4) is 11.5 Å². The average Bonchev–Trinajstić information content (AvgIpc) is 2.78. The zero-order chi connectivity index (χ0) is 25.2. The van der Waals surface area contributed by atoms with Gasteiger partial charge in [-0.2, -0.15) is 0 Å². The highest BCUT2D eigenvalue weighted by Crippen LogP contribution is 2.32. The molecule has 0 spiro atoms. The van der Waals surface area contributed by atoms with Gasteiger partial charge in [0.1, 0.15) is 29.2 Å². The van der Waals surface area contributed by atoms with E-state index in [2.05, 4.69) is 25.6 Å². The highest BCUT2D eigenvalue weighted by atomic mass is 19.1. The molecular weight excluding hydrogens is 449 g/mol. The lowest BCUT2D eigenvalue weighted by Crippen LogP contribution is -2.27. The topological polar surface area (TPSA) is 98.3 Å². The molecule has 35 heavy (non-hydrogen) atoms. The first-order chi connectivity index (χ1) is 16.6. The third-order valence-electron chi connectivity index (χ3n) is 4.93. The molecule has 8 nitrogen and oxygen atoms in total. The monoisotopic (exact) mass is 475 g/mol. The zero-order valence-corrected chi connectivity index (χ0v) is 20.1. The molecule has 0 aliphatic heterocycles. The molecule has 180 valence electrons. The van der Waals surface area contributed by atoms with E-state index in [-0.39, 0.29) is 16.9 Å². The van der Waals surface area contributed by atoms with Crippen molar-refractivity contribution in [2.45, 2.75) is 40.2 Å². The van der Waals surface area contributed by atoms with Gasteiger partial charge in [0.05, 0.1) is 22.8 Å². The number of pyridine rings is 1. The number of ether oxygens (including phenoxy) is 2. The summed E-state index contributed by atoms with van der Waals surface area (Å²) in [5, 5.41) is 5.74. The SMILES string of the molecule is Cc1ccc(Oc2ccc(Nc3ncnc4ccc(NC(=O)OC(C)(C)C)c(F)c34)cc2C)cn1. The van der Waals surface area contributed by atoms with Crippen LogP contribution in [0.3, 0.4) is 0 Å². The number of nitrogens with zero attached hydrogens (tertiary/aromatic N) is 3. The Kier molecular flexibility index (Phi) is 6.50. The Morgan fingerprint density at radius 1 is 1.00 bits per heavy atom. The van der Waals surface area contributed by atoms with Crippen LogP contribution in [0.25, 0.3) is 10.9 Å². The van der Waals surface area contributed by atoms with Crippen molar-refractivity contribution in [2.75, 3.05) is 10.6 Å². The van der Waals surface area contributed by atoms with Crippen LogP contribution in [0.1, 0.15) is 32.0 Å². The van der Waals surface area contributed by atoms with Crippen LogP contribution >= 0.6 is 0 Å². The highest BCUT2D eigenvalue weighted by molar-refractivity contribution is 5.96. The first-order valence-electron chi connectivity index (χ1n) is 11.0. The number of halogens is 1. The predicted octanol–water partition coefficient (Wildman–Crippen LogP) is 6.66.